The number of benzene rings is 2. The summed E-state index contributed by atoms with van der Waals surface area (Å²) in [6.07, 6.45) is 0.883. The lowest BCUT2D eigenvalue weighted by Gasteiger charge is -2.10. The SMILES string of the molecule is CCc1cccc(OCC(=O)NNC(=O)COc2ccc(OC)cc2)c1. The van der Waals surface area contributed by atoms with E-state index in [4.69, 9.17) is 14.2 Å². The molecule has 0 heterocycles. The van der Waals surface area contributed by atoms with Crippen molar-refractivity contribution in [3.8, 4) is 17.2 Å². The molecule has 7 heteroatoms. The van der Waals surface area contributed by atoms with Gasteiger partial charge in [-0.05, 0) is 48.4 Å². The van der Waals surface area contributed by atoms with Crippen molar-refractivity contribution in [1.29, 1.82) is 0 Å². The number of carbonyl (C=O) groups excluding carboxylic acids is 2. The van der Waals surface area contributed by atoms with Crippen molar-refractivity contribution >= 4 is 11.8 Å². The van der Waals surface area contributed by atoms with Crippen LogP contribution in [0.1, 0.15) is 12.5 Å². The van der Waals surface area contributed by atoms with Crippen LogP contribution in [0.2, 0.25) is 0 Å². The fourth-order valence-corrected chi connectivity index (χ4v) is 2.04. The average molecular weight is 358 g/mol. The molecule has 0 aliphatic heterocycles. The minimum atomic E-state index is -0.484. The fourth-order valence-electron chi connectivity index (χ4n) is 2.04. The van der Waals surface area contributed by atoms with Gasteiger partial charge in [-0.1, -0.05) is 19.1 Å². The van der Waals surface area contributed by atoms with Gasteiger partial charge in [0.2, 0.25) is 0 Å². The highest BCUT2D eigenvalue weighted by Crippen LogP contribution is 2.16. The number of nitrogens with one attached hydrogen (secondary N) is 2. The Kier molecular flexibility index (Phi) is 7.30. The summed E-state index contributed by atoms with van der Waals surface area (Å²) in [6.45, 7) is 1.61. The summed E-state index contributed by atoms with van der Waals surface area (Å²) in [5.41, 5.74) is 5.66. The van der Waals surface area contributed by atoms with Crippen LogP contribution in [-0.4, -0.2) is 32.1 Å². The molecule has 0 aliphatic carbocycles. The van der Waals surface area contributed by atoms with Gasteiger partial charge in [-0.15, -0.1) is 0 Å². The number of carbonyl (C=O) groups is 2. The first-order valence-corrected chi connectivity index (χ1v) is 8.17. The molecule has 0 spiro atoms. The number of methoxy groups -OCH3 is 1. The molecule has 0 bridgehead atoms. The van der Waals surface area contributed by atoms with Crippen LogP contribution >= 0.6 is 0 Å². The van der Waals surface area contributed by atoms with E-state index in [0.717, 1.165) is 12.0 Å². The smallest absolute Gasteiger partial charge is 0.276 e. The molecule has 138 valence electrons. The van der Waals surface area contributed by atoms with Crippen LogP contribution in [0, 0.1) is 0 Å². The second-order valence-electron chi connectivity index (χ2n) is 5.35. The zero-order valence-electron chi connectivity index (χ0n) is 14.8. The van der Waals surface area contributed by atoms with Gasteiger partial charge in [-0.25, -0.2) is 0 Å². The lowest BCUT2D eigenvalue weighted by atomic mass is 10.2. The van der Waals surface area contributed by atoms with E-state index in [2.05, 4.69) is 10.9 Å². The number of rotatable bonds is 8. The van der Waals surface area contributed by atoms with Crippen LogP contribution in [0.5, 0.6) is 17.2 Å². The third kappa shape index (κ3) is 6.35. The maximum Gasteiger partial charge on any atom is 0.276 e. The summed E-state index contributed by atoms with van der Waals surface area (Å²) >= 11 is 0. The molecule has 2 aromatic carbocycles. The second-order valence-corrected chi connectivity index (χ2v) is 5.35. The average Bonchev–Trinajstić information content (AvgIpc) is 2.69. The van der Waals surface area contributed by atoms with E-state index in [1.807, 2.05) is 25.1 Å². The molecule has 0 unspecified atom stereocenters. The summed E-state index contributed by atoms with van der Waals surface area (Å²) in [5, 5.41) is 0. The molecule has 26 heavy (non-hydrogen) atoms. The number of aryl methyl sites for hydroxylation is 1. The first-order valence-electron chi connectivity index (χ1n) is 8.17. The molecule has 2 N–H and O–H groups in total. The van der Waals surface area contributed by atoms with Crippen LogP contribution in [-0.2, 0) is 16.0 Å². The summed E-state index contributed by atoms with van der Waals surface area (Å²) < 4.78 is 15.7. The van der Waals surface area contributed by atoms with E-state index in [9.17, 15) is 9.59 Å². The van der Waals surface area contributed by atoms with Gasteiger partial charge in [0.05, 0.1) is 7.11 Å². The van der Waals surface area contributed by atoms with Crippen LogP contribution in [0.15, 0.2) is 48.5 Å². The van der Waals surface area contributed by atoms with E-state index < -0.39 is 11.8 Å². The van der Waals surface area contributed by atoms with Gasteiger partial charge in [0.25, 0.3) is 11.8 Å². The number of hydrazine groups is 1. The van der Waals surface area contributed by atoms with Gasteiger partial charge >= 0.3 is 0 Å². The van der Waals surface area contributed by atoms with Gasteiger partial charge < -0.3 is 14.2 Å². The first kappa shape index (κ1) is 19.1. The normalized spacial score (nSPS) is 9.92. The largest absolute Gasteiger partial charge is 0.497 e. The van der Waals surface area contributed by atoms with Crippen LogP contribution in [0.25, 0.3) is 0 Å². The topological polar surface area (TPSA) is 85.9 Å². The number of hydrogen-bond acceptors (Lipinski definition) is 5. The number of ether oxygens (including phenoxy) is 3. The molecule has 7 nitrogen and oxygen atoms in total. The van der Waals surface area contributed by atoms with E-state index in [1.165, 1.54) is 0 Å². The van der Waals surface area contributed by atoms with E-state index >= 15 is 0 Å². The maximum atomic E-state index is 11.7. The third-order valence-electron chi connectivity index (χ3n) is 3.45. The number of hydrogen-bond donors (Lipinski definition) is 2. The molecule has 0 saturated heterocycles. The first-order chi connectivity index (χ1) is 12.6. The Labute approximate surface area is 152 Å². The van der Waals surface area contributed by atoms with Gasteiger partial charge in [0, 0.05) is 0 Å². The van der Waals surface area contributed by atoms with Crippen LogP contribution < -0.4 is 25.1 Å². The minimum Gasteiger partial charge on any atom is -0.497 e. The van der Waals surface area contributed by atoms with Crippen molar-refractivity contribution < 1.29 is 23.8 Å². The zero-order valence-corrected chi connectivity index (χ0v) is 14.8. The molecule has 2 amide bonds. The highest BCUT2D eigenvalue weighted by Gasteiger charge is 2.07. The zero-order chi connectivity index (χ0) is 18.8. The standard InChI is InChI=1S/C19H22N2O5/c1-3-14-5-4-6-17(11-14)26-13-19(23)21-20-18(22)12-25-16-9-7-15(24-2)8-10-16/h4-11H,3,12-13H2,1-2H3,(H,20,22)(H,21,23). The van der Waals surface area contributed by atoms with E-state index in [-0.39, 0.29) is 13.2 Å². The van der Waals surface area contributed by atoms with Crippen molar-refractivity contribution in [2.24, 2.45) is 0 Å². The van der Waals surface area contributed by atoms with Crippen molar-refractivity contribution in [3.63, 3.8) is 0 Å². The highest BCUT2D eigenvalue weighted by atomic mass is 16.5. The molecule has 0 atom stereocenters. The highest BCUT2D eigenvalue weighted by molar-refractivity contribution is 5.83. The Morgan fingerprint density at radius 2 is 1.42 bits per heavy atom. The molecule has 0 radical (unpaired) electrons. The third-order valence-corrected chi connectivity index (χ3v) is 3.45. The fraction of sp³-hybridized carbons (Fsp3) is 0.263. The monoisotopic (exact) mass is 358 g/mol. The predicted octanol–water partition coefficient (Wildman–Crippen LogP) is 1.86. The maximum absolute atomic E-state index is 11.7. The van der Waals surface area contributed by atoms with Gasteiger partial charge in [-0.3, -0.25) is 20.4 Å². The second kappa shape index (κ2) is 9.93. The lowest BCUT2D eigenvalue weighted by molar-refractivity contribution is -0.131. The number of amides is 2. The van der Waals surface area contributed by atoms with Gasteiger partial charge in [0.15, 0.2) is 13.2 Å². The Bertz CT molecular complexity index is 731. The summed E-state index contributed by atoms with van der Waals surface area (Å²) in [4.78, 5) is 23.4. The molecule has 0 aliphatic rings. The minimum absolute atomic E-state index is 0.202. The lowest BCUT2D eigenvalue weighted by Crippen LogP contribution is -2.45. The van der Waals surface area contributed by atoms with Crippen molar-refractivity contribution in [3.05, 3.63) is 54.1 Å². The van der Waals surface area contributed by atoms with Gasteiger partial charge in [0.1, 0.15) is 17.2 Å². The molecule has 0 aromatic heterocycles. The van der Waals surface area contributed by atoms with Crippen molar-refractivity contribution in [1.82, 2.24) is 10.9 Å². The summed E-state index contributed by atoms with van der Waals surface area (Å²) in [5.74, 6) is 0.866. The molecule has 2 rings (SSSR count). The van der Waals surface area contributed by atoms with E-state index in [1.54, 1.807) is 37.4 Å². The van der Waals surface area contributed by atoms with Gasteiger partial charge in [-0.2, -0.15) is 0 Å². The molecular formula is C19H22N2O5. The Balaban J connectivity index is 1.66. The quantitative estimate of drug-likeness (QED) is 0.704. The Morgan fingerprint density at radius 1 is 0.846 bits per heavy atom. The van der Waals surface area contributed by atoms with Crippen LogP contribution in [0.3, 0.4) is 0 Å². The van der Waals surface area contributed by atoms with Crippen LogP contribution in [0.4, 0.5) is 0 Å². The molecule has 0 saturated carbocycles. The van der Waals surface area contributed by atoms with E-state index in [0.29, 0.717) is 17.2 Å². The predicted molar refractivity (Wildman–Crippen MR) is 96.1 cm³/mol. The molecular weight excluding hydrogens is 336 g/mol. The Hall–Kier alpha value is -3.22. The molecule has 0 fully saturated rings. The summed E-state index contributed by atoms with van der Waals surface area (Å²) in [7, 11) is 1.57. The van der Waals surface area contributed by atoms with Crippen molar-refractivity contribution in [2.45, 2.75) is 13.3 Å². The molecule has 2 aromatic rings. The van der Waals surface area contributed by atoms with Crippen molar-refractivity contribution in [2.75, 3.05) is 20.3 Å². The summed E-state index contributed by atoms with van der Waals surface area (Å²) in [6, 6.07) is 14.3. The Morgan fingerprint density at radius 3 is 2.00 bits per heavy atom.